The summed E-state index contributed by atoms with van der Waals surface area (Å²) in [7, 11) is 0. The average Bonchev–Trinajstić information content (AvgIpc) is 2.90. The Morgan fingerprint density at radius 2 is 2.00 bits per heavy atom. The van der Waals surface area contributed by atoms with Crippen LogP contribution in [0.5, 0.6) is 5.75 Å². The molecule has 3 N–H and O–H groups in total. The van der Waals surface area contributed by atoms with Gasteiger partial charge in [-0.1, -0.05) is 13.0 Å². The fraction of sp³-hybridized carbons (Fsp3) is 0.278. The SMILES string of the molecule is CCc1c(C(=O)Nc2cccc(OCC(=O)O)c2)[nH]c(C)c1C(C)=O. The Morgan fingerprint density at radius 3 is 2.60 bits per heavy atom. The van der Waals surface area contributed by atoms with Gasteiger partial charge in [0.05, 0.1) is 0 Å². The molecule has 0 unspecified atom stereocenters. The molecule has 0 saturated heterocycles. The standard InChI is InChI=1S/C18H20N2O5/c1-4-14-16(11(3)21)10(2)19-17(14)18(24)20-12-6-5-7-13(8-12)25-9-15(22)23/h5-8,19H,4,9H2,1-3H3,(H,20,24)(H,22,23). The quantitative estimate of drug-likeness (QED) is 0.669. The van der Waals surface area contributed by atoms with E-state index in [0.717, 1.165) is 0 Å². The predicted molar refractivity (Wildman–Crippen MR) is 92.4 cm³/mol. The van der Waals surface area contributed by atoms with Crippen molar-refractivity contribution in [3.63, 3.8) is 0 Å². The molecule has 7 heteroatoms. The minimum Gasteiger partial charge on any atom is -0.482 e. The summed E-state index contributed by atoms with van der Waals surface area (Å²) in [5.74, 6) is -1.21. The van der Waals surface area contributed by atoms with E-state index in [9.17, 15) is 14.4 Å². The summed E-state index contributed by atoms with van der Waals surface area (Å²) >= 11 is 0. The Balaban J connectivity index is 2.23. The van der Waals surface area contributed by atoms with Crippen molar-refractivity contribution in [2.45, 2.75) is 27.2 Å². The summed E-state index contributed by atoms with van der Waals surface area (Å²) in [6.07, 6.45) is 0.545. The van der Waals surface area contributed by atoms with Gasteiger partial charge >= 0.3 is 5.97 Å². The maximum absolute atomic E-state index is 12.6. The number of nitrogens with one attached hydrogen (secondary N) is 2. The van der Waals surface area contributed by atoms with Crippen LogP contribution in [0.1, 0.15) is 46.0 Å². The Labute approximate surface area is 145 Å². The molecule has 2 rings (SSSR count). The van der Waals surface area contributed by atoms with Gasteiger partial charge in [0, 0.05) is 23.0 Å². The summed E-state index contributed by atoms with van der Waals surface area (Å²) in [6, 6.07) is 6.45. The molecule has 1 aromatic carbocycles. The van der Waals surface area contributed by atoms with E-state index in [2.05, 4.69) is 10.3 Å². The van der Waals surface area contributed by atoms with Crippen LogP contribution in [0, 0.1) is 6.92 Å². The van der Waals surface area contributed by atoms with Crippen LogP contribution >= 0.6 is 0 Å². The monoisotopic (exact) mass is 344 g/mol. The Kier molecular flexibility index (Phi) is 5.59. The number of hydrogen-bond acceptors (Lipinski definition) is 4. The summed E-state index contributed by atoms with van der Waals surface area (Å²) in [6.45, 7) is 4.65. The molecule has 7 nitrogen and oxygen atoms in total. The zero-order valence-electron chi connectivity index (χ0n) is 14.3. The van der Waals surface area contributed by atoms with E-state index in [4.69, 9.17) is 9.84 Å². The van der Waals surface area contributed by atoms with E-state index in [0.29, 0.717) is 40.4 Å². The van der Waals surface area contributed by atoms with Gasteiger partial charge in [0.15, 0.2) is 12.4 Å². The molecular formula is C18H20N2O5. The number of benzene rings is 1. The molecule has 132 valence electrons. The first kappa shape index (κ1) is 18.3. The molecule has 0 saturated carbocycles. The number of carboxylic acid groups (broad SMARTS) is 1. The number of carboxylic acids is 1. The van der Waals surface area contributed by atoms with E-state index in [-0.39, 0.29) is 11.7 Å². The number of hydrogen-bond donors (Lipinski definition) is 3. The third kappa shape index (κ3) is 4.26. The van der Waals surface area contributed by atoms with E-state index in [1.807, 2.05) is 6.92 Å². The molecule has 0 spiro atoms. The van der Waals surface area contributed by atoms with Crippen molar-refractivity contribution in [2.75, 3.05) is 11.9 Å². The van der Waals surface area contributed by atoms with Crippen molar-refractivity contribution in [2.24, 2.45) is 0 Å². The van der Waals surface area contributed by atoms with Crippen molar-refractivity contribution in [3.8, 4) is 5.75 Å². The van der Waals surface area contributed by atoms with Crippen molar-refractivity contribution < 1.29 is 24.2 Å². The second kappa shape index (κ2) is 7.65. The molecule has 0 aliphatic rings. The van der Waals surface area contributed by atoms with Gasteiger partial charge in [-0.25, -0.2) is 4.79 Å². The number of anilines is 1. The van der Waals surface area contributed by atoms with Crippen LogP contribution in [-0.2, 0) is 11.2 Å². The number of ether oxygens (including phenoxy) is 1. The first-order chi connectivity index (χ1) is 11.8. The number of ketones is 1. The summed E-state index contributed by atoms with van der Waals surface area (Å²) in [5, 5.41) is 11.4. The van der Waals surface area contributed by atoms with Crippen molar-refractivity contribution in [3.05, 3.63) is 46.8 Å². The summed E-state index contributed by atoms with van der Waals surface area (Å²) < 4.78 is 5.09. The number of aryl methyl sites for hydroxylation is 1. The Morgan fingerprint density at radius 1 is 1.28 bits per heavy atom. The molecule has 0 atom stereocenters. The number of carbonyl (C=O) groups is 3. The van der Waals surface area contributed by atoms with Gasteiger partial charge < -0.3 is 20.1 Å². The third-order valence-electron chi connectivity index (χ3n) is 3.68. The molecule has 0 aliphatic carbocycles. The molecule has 25 heavy (non-hydrogen) atoms. The normalized spacial score (nSPS) is 10.4. The lowest BCUT2D eigenvalue weighted by atomic mass is 10.0. The number of H-pyrrole nitrogens is 1. The molecule has 2 aromatic rings. The third-order valence-corrected chi connectivity index (χ3v) is 3.68. The van der Waals surface area contributed by atoms with Gasteiger partial charge in [0.2, 0.25) is 0 Å². The number of aromatic amines is 1. The van der Waals surface area contributed by atoms with Gasteiger partial charge in [0.25, 0.3) is 5.91 Å². The first-order valence-electron chi connectivity index (χ1n) is 7.81. The summed E-state index contributed by atoms with van der Waals surface area (Å²) in [4.78, 5) is 37.9. The van der Waals surface area contributed by atoms with Crippen LogP contribution in [0.4, 0.5) is 5.69 Å². The molecule has 0 aliphatic heterocycles. The van der Waals surface area contributed by atoms with Gasteiger partial charge in [-0.15, -0.1) is 0 Å². The minimum atomic E-state index is -1.08. The van der Waals surface area contributed by atoms with E-state index < -0.39 is 12.6 Å². The molecule has 1 aromatic heterocycles. The van der Waals surface area contributed by atoms with E-state index in [1.165, 1.54) is 13.0 Å². The topological polar surface area (TPSA) is 108 Å². The van der Waals surface area contributed by atoms with Gasteiger partial charge in [-0.3, -0.25) is 9.59 Å². The fourth-order valence-electron chi connectivity index (χ4n) is 2.70. The zero-order chi connectivity index (χ0) is 18.6. The Bertz CT molecular complexity index is 823. The summed E-state index contributed by atoms with van der Waals surface area (Å²) in [5.41, 5.74) is 2.70. The number of aromatic nitrogens is 1. The van der Waals surface area contributed by atoms with Crippen molar-refractivity contribution >= 4 is 23.3 Å². The molecule has 1 amide bonds. The van der Waals surface area contributed by atoms with E-state index in [1.54, 1.807) is 25.1 Å². The predicted octanol–water partition coefficient (Wildman–Crippen LogP) is 2.80. The van der Waals surface area contributed by atoms with Crippen LogP contribution in [0.2, 0.25) is 0 Å². The number of aliphatic carboxylic acids is 1. The number of amides is 1. The van der Waals surface area contributed by atoms with Crippen molar-refractivity contribution in [1.29, 1.82) is 0 Å². The smallest absolute Gasteiger partial charge is 0.341 e. The number of rotatable bonds is 7. The van der Waals surface area contributed by atoms with E-state index >= 15 is 0 Å². The molecule has 0 fully saturated rings. The molecular weight excluding hydrogens is 324 g/mol. The maximum Gasteiger partial charge on any atom is 0.341 e. The molecule has 0 radical (unpaired) electrons. The highest BCUT2D eigenvalue weighted by Gasteiger charge is 2.21. The van der Waals surface area contributed by atoms with Gasteiger partial charge in [-0.05, 0) is 38.0 Å². The van der Waals surface area contributed by atoms with Crippen molar-refractivity contribution in [1.82, 2.24) is 4.98 Å². The lowest BCUT2D eigenvalue weighted by molar-refractivity contribution is -0.139. The second-order valence-electron chi connectivity index (χ2n) is 5.55. The highest BCUT2D eigenvalue weighted by Crippen LogP contribution is 2.23. The van der Waals surface area contributed by atoms with Crippen LogP contribution < -0.4 is 10.1 Å². The molecule has 1 heterocycles. The van der Waals surface area contributed by atoms with Crippen LogP contribution in [0.3, 0.4) is 0 Å². The maximum atomic E-state index is 12.6. The highest BCUT2D eigenvalue weighted by molar-refractivity contribution is 6.07. The second-order valence-corrected chi connectivity index (χ2v) is 5.55. The van der Waals surface area contributed by atoms with Gasteiger partial charge in [-0.2, -0.15) is 0 Å². The highest BCUT2D eigenvalue weighted by atomic mass is 16.5. The van der Waals surface area contributed by atoms with Crippen LogP contribution in [0.25, 0.3) is 0 Å². The van der Waals surface area contributed by atoms with Gasteiger partial charge in [0.1, 0.15) is 11.4 Å². The molecule has 0 bridgehead atoms. The zero-order valence-corrected chi connectivity index (χ0v) is 14.3. The number of carbonyl (C=O) groups excluding carboxylic acids is 2. The average molecular weight is 344 g/mol. The lowest BCUT2D eigenvalue weighted by Crippen LogP contribution is -2.15. The number of Topliss-reactive ketones (excluding diaryl/α,β-unsaturated/α-hetero) is 1. The van der Waals surface area contributed by atoms with Crippen LogP contribution in [0.15, 0.2) is 24.3 Å². The minimum absolute atomic E-state index is 0.0891. The van der Waals surface area contributed by atoms with Crippen LogP contribution in [-0.4, -0.2) is 34.4 Å². The fourth-order valence-corrected chi connectivity index (χ4v) is 2.70. The lowest BCUT2D eigenvalue weighted by Gasteiger charge is -2.08. The largest absolute Gasteiger partial charge is 0.482 e. The Hall–Kier alpha value is -3.09. The first-order valence-corrected chi connectivity index (χ1v) is 7.81.